The molecule has 2 heterocycles. The highest BCUT2D eigenvalue weighted by molar-refractivity contribution is 5.39. The van der Waals surface area contributed by atoms with Gasteiger partial charge in [0, 0.05) is 43.6 Å². The van der Waals surface area contributed by atoms with Crippen LogP contribution in [0.3, 0.4) is 0 Å². The van der Waals surface area contributed by atoms with Crippen LogP contribution in [-0.4, -0.2) is 29.6 Å². The normalized spacial score (nSPS) is 34.3. The number of hydrogen-bond donors (Lipinski definition) is 1. The van der Waals surface area contributed by atoms with Crippen molar-refractivity contribution in [3.63, 3.8) is 0 Å². The Labute approximate surface area is 112 Å². The number of likely N-dealkylation sites (tertiary alicyclic amines) is 1. The molecule has 0 radical (unpaired) electrons. The van der Waals surface area contributed by atoms with E-state index in [1.54, 1.807) is 6.07 Å². The van der Waals surface area contributed by atoms with Crippen LogP contribution in [0.15, 0.2) is 18.2 Å². The number of benzene rings is 1. The van der Waals surface area contributed by atoms with Gasteiger partial charge in [-0.05, 0) is 31.0 Å². The van der Waals surface area contributed by atoms with Crippen LogP contribution in [0.2, 0.25) is 0 Å². The second kappa shape index (κ2) is 3.93. The van der Waals surface area contributed by atoms with Crippen molar-refractivity contribution in [2.75, 3.05) is 13.1 Å². The Morgan fingerprint density at radius 2 is 2.21 bits per heavy atom. The van der Waals surface area contributed by atoms with Gasteiger partial charge in [0.05, 0.1) is 0 Å². The second-order valence-electron chi connectivity index (χ2n) is 6.23. The van der Waals surface area contributed by atoms with Crippen molar-refractivity contribution in [3.8, 4) is 5.75 Å². The zero-order valence-electron chi connectivity index (χ0n) is 10.9. The van der Waals surface area contributed by atoms with Gasteiger partial charge in [-0.15, -0.1) is 0 Å². The van der Waals surface area contributed by atoms with Crippen molar-refractivity contribution in [1.82, 2.24) is 4.90 Å². The van der Waals surface area contributed by atoms with E-state index in [0.717, 1.165) is 43.3 Å². The molecule has 4 heteroatoms. The molecule has 2 aliphatic heterocycles. The van der Waals surface area contributed by atoms with E-state index in [2.05, 4.69) is 4.90 Å². The molecule has 2 atom stereocenters. The van der Waals surface area contributed by atoms with E-state index in [-0.39, 0.29) is 17.5 Å². The van der Waals surface area contributed by atoms with Gasteiger partial charge in [-0.25, -0.2) is 4.39 Å². The van der Waals surface area contributed by atoms with Crippen LogP contribution in [0, 0.1) is 5.82 Å². The number of nitrogens with two attached hydrogens (primary N) is 1. The topological polar surface area (TPSA) is 38.5 Å². The minimum atomic E-state index is -0.236. The first kappa shape index (κ1) is 11.7. The lowest BCUT2D eigenvalue weighted by Crippen LogP contribution is -2.45. The lowest BCUT2D eigenvalue weighted by Gasteiger charge is -2.38. The minimum Gasteiger partial charge on any atom is -0.485 e. The third-order valence-corrected chi connectivity index (χ3v) is 4.70. The zero-order chi connectivity index (χ0) is 13.0. The predicted molar refractivity (Wildman–Crippen MR) is 70.5 cm³/mol. The molecule has 2 unspecified atom stereocenters. The van der Waals surface area contributed by atoms with Crippen LogP contribution in [-0.2, 0) is 0 Å². The SMILES string of the molecule is NC1CC2(CCN(C3CC3)C2)Oc2ccc(F)cc21. The summed E-state index contributed by atoms with van der Waals surface area (Å²) in [5.74, 6) is 0.539. The maximum atomic E-state index is 13.3. The summed E-state index contributed by atoms with van der Waals surface area (Å²) in [6.45, 7) is 2.08. The quantitative estimate of drug-likeness (QED) is 0.843. The first-order chi connectivity index (χ1) is 9.15. The van der Waals surface area contributed by atoms with E-state index in [4.69, 9.17) is 10.5 Å². The molecule has 1 aliphatic carbocycles. The molecule has 3 aliphatic rings. The van der Waals surface area contributed by atoms with Gasteiger partial charge in [0.25, 0.3) is 0 Å². The molecule has 3 nitrogen and oxygen atoms in total. The molecule has 102 valence electrons. The van der Waals surface area contributed by atoms with E-state index in [9.17, 15) is 4.39 Å². The first-order valence-corrected chi connectivity index (χ1v) is 7.13. The second-order valence-corrected chi connectivity index (χ2v) is 6.23. The maximum absolute atomic E-state index is 13.3. The third-order valence-electron chi connectivity index (χ3n) is 4.70. The van der Waals surface area contributed by atoms with Gasteiger partial charge < -0.3 is 10.5 Å². The molecular formula is C15H19FN2O. The minimum absolute atomic E-state index is 0.112. The fraction of sp³-hybridized carbons (Fsp3) is 0.600. The van der Waals surface area contributed by atoms with Gasteiger partial charge in [0.1, 0.15) is 17.2 Å². The molecule has 19 heavy (non-hydrogen) atoms. The number of ether oxygens (including phenoxy) is 1. The van der Waals surface area contributed by atoms with Crippen LogP contribution in [0.25, 0.3) is 0 Å². The summed E-state index contributed by atoms with van der Waals surface area (Å²) in [6.07, 6.45) is 4.48. The highest BCUT2D eigenvalue weighted by atomic mass is 19.1. The number of hydrogen-bond acceptors (Lipinski definition) is 3. The molecule has 1 saturated carbocycles. The largest absolute Gasteiger partial charge is 0.485 e. The molecule has 1 aromatic carbocycles. The molecule has 0 bridgehead atoms. The molecular weight excluding hydrogens is 243 g/mol. The summed E-state index contributed by atoms with van der Waals surface area (Å²) < 4.78 is 19.5. The highest BCUT2D eigenvalue weighted by Crippen LogP contribution is 2.44. The third kappa shape index (κ3) is 1.94. The van der Waals surface area contributed by atoms with Crippen molar-refractivity contribution >= 4 is 0 Å². The lowest BCUT2D eigenvalue weighted by atomic mass is 9.87. The van der Waals surface area contributed by atoms with E-state index in [0.29, 0.717) is 0 Å². The molecule has 4 rings (SSSR count). The molecule has 2 N–H and O–H groups in total. The van der Waals surface area contributed by atoms with Crippen LogP contribution >= 0.6 is 0 Å². The van der Waals surface area contributed by atoms with Gasteiger partial charge in [-0.2, -0.15) is 0 Å². The summed E-state index contributed by atoms with van der Waals surface area (Å²) in [4.78, 5) is 2.53. The van der Waals surface area contributed by atoms with Crippen molar-refractivity contribution in [3.05, 3.63) is 29.6 Å². The Hall–Kier alpha value is -1.13. The molecule has 2 fully saturated rings. The monoisotopic (exact) mass is 262 g/mol. The predicted octanol–water partition coefficient (Wildman–Crippen LogP) is 2.21. The Bertz CT molecular complexity index is 517. The summed E-state index contributed by atoms with van der Waals surface area (Å²) in [6, 6.07) is 5.36. The van der Waals surface area contributed by atoms with Crippen molar-refractivity contribution in [2.45, 2.75) is 43.4 Å². The number of fused-ring (bicyclic) bond motifs is 1. The number of halogens is 1. The van der Waals surface area contributed by atoms with Gasteiger partial charge in [0.15, 0.2) is 0 Å². The van der Waals surface area contributed by atoms with Gasteiger partial charge in [0.2, 0.25) is 0 Å². The van der Waals surface area contributed by atoms with Crippen LogP contribution < -0.4 is 10.5 Å². The average Bonchev–Trinajstić information content (AvgIpc) is 3.15. The Kier molecular flexibility index (Phi) is 2.42. The standard InChI is InChI=1S/C15H19FN2O/c16-10-1-4-14-12(7-10)13(17)8-15(19-14)5-6-18(9-15)11-2-3-11/h1,4,7,11,13H,2-3,5-6,8-9,17H2. The average molecular weight is 262 g/mol. The van der Waals surface area contributed by atoms with Crippen LogP contribution in [0.5, 0.6) is 5.75 Å². The molecule has 1 aromatic rings. The summed E-state index contributed by atoms with van der Waals surface area (Å²) in [5.41, 5.74) is 6.91. The summed E-state index contributed by atoms with van der Waals surface area (Å²) >= 11 is 0. The number of rotatable bonds is 1. The molecule has 1 saturated heterocycles. The van der Waals surface area contributed by atoms with E-state index in [1.165, 1.54) is 25.0 Å². The summed E-state index contributed by atoms with van der Waals surface area (Å²) in [5, 5.41) is 0. The number of nitrogens with zero attached hydrogens (tertiary/aromatic N) is 1. The molecule has 0 aromatic heterocycles. The van der Waals surface area contributed by atoms with Crippen LogP contribution in [0.1, 0.15) is 37.3 Å². The van der Waals surface area contributed by atoms with E-state index >= 15 is 0 Å². The Morgan fingerprint density at radius 3 is 3.00 bits per heavy atom. The highest BCUT2D eigenvalue weighted by Gasteiger charge is 2.48. The van der Waals surface area contributed by atoms with Gasteiger partial charge in [-0.3, -0.25) is 4.90 Å². The van der Waals surface area contributed by atoms with Gasteiger partial charge >= 0.3 is 0 Å². The maximum Gasteiger partial charge on any atom is 0.125 e. The van der Waals surface area contributed by atoms with E-state index in [1.807, 2.05) is 0 Å². The van der Waals surface area contributed by atoms with Crippen molar-refractivity contribution in [2.24, 2.45) is 5.73 Å². The smallest absolute Gasteiger partial charge is 0.125 e. The lowest BCUT2D eigenvalue weighted by molar-refractivity contribution is 0.0431. The van der Waals surface area contributed by atoms with Gasteiger partial charge in [-0.1, -0.05) is 0 Å². The zero-order valence-corrected chi connectivity index (χ0v) is 10.9. The summed E-state index contributed by atoms with van der Waals surface area (Å²) in [7, 11) is 0. The fourth-order valence-electron chi connectivity index (χ4n) is 3.56. The Balaban J connectivity index is 1.62. The van der Waals surface area contributed by atoms with Crippen molar-refractivity contribution < 1.29 is 9.13 Å². The molecule has 1 spiro atoms. The first-order valence-electron chi connectivity index (χ1n) is 7.13. The van der Waals surface area contributed by atoms with Crippen LogP contribution in [0.4, 0.5) is 4.39 Å². The molecule has 0 amide bonds. The van der Waals surface area contributed by atoms with E-state index < -0.39 is 0 Å². The van der Waals surface area contributed by atoms with Crippen molar-refractivity contribution in [1.29, 1.82) is 0 Å². The Morgan fingerprint density at radius 1 is 1.37 bits per heavy atom. The fourth-order valence-corrected chi connectivity index (χ4v) is 3.56.